The predicted molar refractivity (Wildman–Crippen MR) is 58.5 cm³/mol. The molecule has 1 aromatic carbocycles. The summed E-state index contributed by atoms with van der Waals surface area (Å²) in [4.78, 5) is 4.42. The summed E-state index contributed by atoms with van der Waals surface area (Å²) in [7, 11) is 0. The molecule has 1 nitrogen and oxygen atoms in total. The van der Waals surface area contributed by atoms with E-state index in [-0.39, 0.29) is 0 Å². The number of para-hydroxylation sites is 1. The first-order valence-corrected chi connectivity index (χ1v) is 5.15. The van der Waals surface area contributed by atoms with E-state index in [0.717, 1.165) is 26.7 Å². The van der Waals surface area contributed by atoms with Crippen molar-refractivity contribution in [2.75, 3.05) is 0 Å². The molecule has 0 aliphatic carbocycles. The van der Waals surface area contributed by atoms with E-state index in [1.807, 2.05) is 24.3 Å². The van der Waals surface area contributed by atoms with Crippen LogP contribution in [0.1, 0.15) is 5.01 Å². The maximum atomic E-state index is 5.99. The van der Waals surface area contributed by atoms with Gasteiger partial charge in [0, 0.05) is 6.42 Å². The van der Waals surface area contributed by atoms with Gasteiger partial charge in [-0.1, -0.05) is 23.7 Å². The fourth-order valence-corrected chi connectivity index (χ4v) is 2.44. The molecule has 0 spiro atoms. The van der Waals surface area contributed by atoms with Gasteiger partial charge in [0.15, 0.2) is 0 Å². The summed E-state index contributed by atoms with van der Waals surface area (Å²) in [6.07, 6.45) is 2.67. The number of nitrogens with zero attached hydrogens (tertiary/aromatic N) is 1. The molecule has 0 saturated heterocycles. The van der Waals surface area contributed by atoms with Gasteiger partial charge in [0.05, 0.1) is 14.7 Å². The first kappa shape index (κ1) is 8.73. The monoisotopic (exact) mass is 209 g/mol. The van der Waals surface area contributed by atoms with E-state index in [4.69, 9.17) is 11.6 Å². The molecule has 2 rings (SSSR count). The van der Waals surface area contributed by atoms with Crippen molar-refractivity contribution in [2.24, 2.45) is 0 Å². The molecule has 0 N–H and O–H groups in total. The molecule has 13 heavy (non-hydrogen) atoms. The standard InChI is InChI=1S/C10H8ClNS/c1-2-4-9-12-10-7(11)5-3-6-8(10)13-9/h2-3,5-6H,1,4H2. The predicted octanol–water partition coefficient (Wildman–Crippen LogP) is 3.68. The number of allylic oxidation sites excluding steroid dienone is 1. The lowest BCUT2D eigenvalue weighted by atomic mass is 10.3. The van der Waals surface area contributed by atoms with E-state index in [0.29, 0.717) is 0 Å². The van der Waals surface area contributed by atoms with Crippen molar-refractivity contribution in [2.45, 2.75) is 6.42 Å². The summed E-state index contributed by atoms with van der Waals surface area (Å²) in [5.74, 6) is 0. The first-order valence-electron chi connectivity index (χ1n) is 3.96. The summed E-state index contributed by atoms with van der Waals surface area (Å²) < 4.78 is 1.14. The largest absolute Gasteiger partial charge is 0.239 e. The van der Waals surface area contributed by atoms with Crippen LogP contribution >= 0.6 is 22.9 Å². The highest BCUT2D eigenvalue weighted by molar-refractivity contribution is 7.18. The number of benzene rings is 1. The number of hydrogen-bond donors (Lipinski definition) is 0. The van der Waals surface area contributed by atoms with Gasteiger partial charge in [0.2, 0.25) is 0 Å². The number of halogens is 1. The van der Waals surface area contributed by atoms with Crippen LogP contribution in [0.5, 0.6) is 0 Å². The molecule has 2 aromatic rings. The van der Waals surface area contributed by atoms with E-state index in [2.05, 4.69) is 11.6 Å². The van der Waals surface area contributed by atoms with Crippen molar-refractivity contribution >= 4 is 33.2 Å². The molecule has 0 unspecified atom stereocenters. The van der Waals surface area contributed by atoms with Gasteiger partial charge in [0.25, 0.3) is 0 Å². The molecule has 0 amide bonds. The Hall–Kier alpha value is -0.860. The Morgan fingerprint density at radius 3 is 3.08 bits per heavy atom. The molecule has 0 saturated carbocycles. The van der Waals surface area contributed by atoms with Gasteiger partial charge in [-0.2, -0.15) is 0 Å². The minimum absolute atomic E-state index is 0.726. The molecule has 0 aliphatic heterocycles. The lowest BCUT2D eigenvalue weighted by Crippen LogP contribution is -1.76. The summed E-state index contributed by atoms with van der Waals surface area (Å²) in [6, 6.07) is 5.84. The zero-order valence-electron chi connectivity index (χ0n) is 6.96. The van der Waals surface area contributed by atoms with E-state index < -0.39 is 0 Å². The highest BCUT2D eigenvalue weighted by Crippen LogP contribution is 2.27. The number of rotatable bonds is 2. The number of hydrogen-bond acceptors (Lipinski definition) is 2. The maximum Gasteiger partial charge on any atom is 0.100 e. The number of fused-ring (bicyclic) bond motifs is 1. The topological polar surface area (TPSA) is 12.9 Å². The Labute approximate surface area is 85.7 Å². The van der Waals surface area contributed by atoms with Crippen molar-refractivity contribution < 1.29 is 0 Å². The zero-order chi connectivity index (χ0) is 9.26. The molecule has 1 heterocycles. The van der Waals surface area contributed by atoms with Crippen LogP contribution in [-0.4, -0.2) is 4.98 Å². The Kier molecular flexibility index (Phi) is 2.34. The maximum absolute atomic E-state index is 5.99. The van der Waals surface area contributed by atoms with E-state index >= 15 is 0 Å². The van der Waals surface area contributed by atoms with Crippen molar-refractivity contribution in [3.05, 3.63) is 40.9 Å². The van der Waals surface area contributed by atoms with Gasteiger partial charge in [-0.3, -0.25) is 0 Å². The second kappa shape index (κ2) is 3.48. The zero-order valence-corrected chi connectivity index (χ0v) is 8.53. The second-order valence-electron chi connectivity index (χ2n) is 2.69. The van der Waals surface area contributed by atoms with Crippen LogP contribution in [-0.2, 0) is 6.42 Å². The quantitative estimate of drug-likeness (QED) is 0.688. The Balaban J connectivity index is 2.61. The average Bonchev–Trinajstić information content (AvgIpc) is 2.49. The van der Waals surface area contributed by atoms with Crippen LogP contribution in [0.25, 0.3) is 10.2 Å². The normalized spacial score (nSPS) is 10.5. The first-order chi connectivity index (χ1) is 6.31. The fourth-order valence-electron chi connectivity index (χ4n) is 1.17. The van der Waals surface area contributed by atoms with Crippen LogP contribution in [0, 0.1) is 0 Å². The van der Waals surface area contributed by atoms with Gasteiger partial charge in [-0.25, -0.2) is 4.98 Å². The van der Waals surface area contributed by atoms with Gasteiger partial charge in [-0.05, 0) is 12.1 Å². The molecule has 1 aromatic heterocycles. The average molecular weight is 210 g/mol. The summed E-state index contributed by atoms with van der Waals surface area (Å²) in [5.41, 5.74) is 0.908. The Morgan fingerprint density at radius 1 is 1.54 bits per heavy atom. The number of aromatic nitrogens is 1. The van der Waals surface area contributed by atoms with Crippen LogP contribution < -0.4 is 0 Å². The summed E-state index contributed by atoms with van der Waals surface area (Å²) in [6.45, 7) is 3.68. The molecule has 66 valence electrons. The van der Waals surface area contributed by atoms with Gasteiger partial charge in [-0.15, -0.1) is 17.9 Å². The molecule has 0 atom stereocenters. The van der Waals surface area contributed by atoms with E-state index in [9.17, 15) is 0 Å². The molecule has 0 bridgehead atoms. The van der Waals surface area contributed by atoms with E-state index in [1.54, 1.807) is 11.3 Å². The van der Waals surface area contributed by atoms with Crippen LogP contribution in [0.15, 0.2) is 30.9 Å². The Morgan fingerprint density at radius 2 is 2.38 bits per heavy atom. The lowest BCUT2D eigenvalue weighted by molar-refractivity contribution is 1.22. The van der Waals surface area contributed by atoms with Crippen LogP contribution in [0.2, 0.25) is 5.02 Å². The summed E-state index contributed by atoms with van der Waals surface area (Å²) >= 11 is 7.66. The molecule has 0 aliphatic rings. The van der Waals surface area contributed by atoms with Gasteiger partial charge in [0.1, 0.15) is 5.52 Å². The van der Waals surface area contributed by atoms with Crippen LogP contribution in [0.4, 0.5) is 0 Å². The highest BCUT2D eigenvalue weighted by Gasteiger charge is 2.04. The van der Waals surface area contributed by atoms with Gasteiger partial charge >= 0.3 is 0 Å². The van der Waals surface area contributed by atoms with E-state index in [1.165, 1.54) is 0 Å². The third kappa shape index (κ3) is 1.60. The van der Waals surface area contributed by atoms with Gasteiger partial charge < -0.3 is 0 Å². The van der Waals surface area contributed by atoms with Crippen molar-refractivity contribution in [3.63, 3.8) is 0 Å². The molecule has 3 heteroatoms. The van der Waals surface area contributed by atoms with Crippen molar-refractivity contribution in [3.8, 4) is 0 Å². The minimum Gasteiger partial charge on any atom is -0.239 e. The number of thiazole rings is 1. The highest BCUT2D eigenvalue weighted by atomic mass is 35.5. The second-order valence-corrected chi connectivity index (χ2v) is 4.21. The summed E-state index contributed by atoms with van der Waals surface area (Å²) in [5, 5.41) is 1.79. The Bertz CT molecular complexity index is 447. The molecule has 0 fully saturated rings. The SMILES string of the molecule is C=CCc1nc2c(Cl)cccc2s1. The van der Waals surface area contributed by atoms with Crippen molar-refractivity contribution in [1.29, 1.82) is 0 Å². The molecular weight excluding hydrogens is 202 g/mol. The molecule has 0 radical (unpaired) electrons. The lowest BCUT2D eigenvalue weighted by Gasteiger charge is -1.88. The smallest absolute Gasteiger partial charge is 0.100 e. The van der Waals surface area contributed by atoms with Crippen LogP contribution in [0.3, 0.4) is 0 Å². The fraction of sp³-hybridized carbons (Fsp3) is 0.100. The third-order valence-electron chi connectivity index (χ3n) is 1.73. The third-order valence-corrected chi connectivity index (χ3v) is 3.08. The molecular formula is C10H8ClNS. The minimum atomic E-state index is 0.726. The van der Waals surface area contributed by atoms with Crippen molar-refractivity contribution in [1.82, 2.24) is 4.98 Å².